The lowest BCUT2D eigenvalue weighted by molar-refractivity contribution is -0.137. The molecule has 1 unspecified atom stereocenters. The van der Waals surface area contributed by atoms with E-state index >= 15 is 0 Å². The van der Waals surface area contributed by atoms with Gasteiger partial charge in [0.05, 0.1) is 6.04 Å². The van der Waals surface area contributed by atoms with Crippen LogP contribution in [0.2, 0.25) is 0 Å². The van der Waals surface area contributed by atoms with Crippen LogP contribution in [0.25, 0.3) is 0 Å². The van der Waals surface area contributed by atoms with Crippen molar-refractivity contribution in [1.29, 1.82) is 0 Å². The van der Waals surface area contributed by atoms with Crippen LogP contribution in [-0.4, -0.2) is 23.0 Å². The fraction of sp³-hybridized carbons (Fsp3) is 0.400. The molecule has 0 aliphatic carbocycles. The minimum Gasteiger partial charge on any atom is -0.481 e. The van der Waals surface area contributed by atoms with Crippen molar-refractivity contribution in [3.05, 3.63) is 35.9 Å². The molecule has 0 aliphatic heterocycles. The average Bonchev–Trinajstić information content (AvgIpc) is 2.45. The topological polar surface area (TPSA) is 95.5 Å². The predicted octanol–water partition coefficient (Wildman–Crippen LogP) is 2.22. The fourth-order valence-electron chi connectivity index (χ4n) is 1.89. The Balaban J connectivity index is 2.41. The molecule has 0 heterocycles. The second kappa shape index (κ2) is 8.73. The number of carbonyl (C=O) groups excluding carboxylic acids is 2. The molecule has 0 saturated carbocycles. The van der Waals surface area contributed by atoms with Crippen LogP contribution in [0.1, 0.15) is 44.2 Å². The molecule has 1 aromatic carbocycles. The highest BCUT2D eigenvalue weighted by Crippen LogP contribution is 2.15. The van der Waals surface area contributed by atoms with Crippen molar-refractivity contribution in [3.63, 3.8) is 0 Å². The molecule has 0 bridgehead atoms. The third-order valence-corrected chi connectivity index (χ3v) is 2.96. The Morgan fingerprint density at radius 3 is 2.38 bits per heavy atom. The minimum atomic E-state index is -0.956. The predicted molar refractivity (Wildman–Crippen MR) is 77.6 cm³/mol. The van der Waals surface area contributed by atoms with Crippen LogP contribution in [0, 0.1) is 0 Å². The lowest BCUT2D eigenvalue weighted by Crippen LogP contribution is -2.41. The van der Waals surface area contributed by atoms with E-state index in [1.54, 1.807) is 0 Å². The van der Waals surface area contributed by atoms with Crippen LogP contribution in [0.3, 0.4) is 0 Å². The summed E-state index contributed by atoms with van der Waals surface area (Å²) in [7, 11) is 0. The van der Waals surface area contributed by atoms with Crippen molar-refractivity contribution in [1.82, 2.24) is 10.6 Å². The first-order chi connectivity index (χ1) is 10.0. The summed E-state index contributed by atoms with van der Waals surface area (Å²) >= 11 is 0. The van der Waals surface area contributed by atoms with Crippen molar-refractivity contribution in [2.45, 2.75) is 38.6 Å². The summed E-state index contributed by atoms with van der Waals surface area (Å²) in [5, 5.41) is 13.4. The Hall–Kier alpha value is -2.37. The average molecular weight is 292 g/mol. The first-order valence-corrected chi connectivity index (χ1v) is 6.90. The summed E-state index contributed by atoms with van der Waals surface area (Å²) in [5.74, 6) is -1.43. The smallest absolute Gasteiger partial charge is 0.321 e. The summed E-state index contributed by atoms with van der Waals surface area (Å²) in [6.45, 7) is 1.94. The summed E-state index contributed by atoms with van der Waals surface area (Å²) in [6, 6.07) is 8.74. The largest absolute Gasteiger partial charge is 0.481 e. The highest BCUT2D eigenvalue weighted by atomic mass is 16.4. The number of carboxylic acid groups (broad SMARTS) is 1. The molecular formula is C15H20N2O4. The van der Waals surface area contributed by atoms with E-state index in [4.69, 9.17) is 5.11 Å². The molecule has 0 aromatic heterocycles. The molecule has 6 nitrogen and oxygen atoms in total. The van der Waals surface area contributed by atoms with E-state index < -0.39 is 17.9 Å². The maximum atomic E-state index is 11.7. The number of carbonyl (C=O) groups is 3. The zero-order chi connectivity index (χ0) is 15.7. The van der Waals surface area contributed by atoms with Gasteiger partial charge >= 0.3 is 12.0 Å². The van der Waals surface area contributed by atoms with E-state index in [1.807, 2.05) is 37.3 Å². The van der Waals surface area contributed by atoms with Crippen molar-refractivity contribution < 1.29 is 19.5 Å². The van der Waals surface area contributed by atoms with Crippen LogP contribution in [0.4, 0.5) is 4.79 Å². The Morgan fingerprint density at radius 1 is 1.14 bits per heavy atom. The van der Waals surface area contributed by atoms with Gasteiger partial charge < -0.3 is 10.4 Å². The fourth-order valence-corrected chi connectivity index (χ4v) is 1.89. The van der Waals surface area contributed by atoms with E-state index in [0.717, 1.165) is 5.56 Å². The summed E-state index contributed by atoms with van der Waals surface area (Å²) in [6.07, 6.45) is 0.841. The molecule has 0 saturated heterocycles. The van der Waals surface area contributed by atoms with Gasteiger partial charge in [-0.1, -0.05) is 37.3 Å². The number of benzene rings is 1. The second-order valence-electron chi connectivity index (χ2n) is 4.64. The molecule has 1 aromatic rings. The van der Waals surface area contributed by atoms with Gasteiger partial charge in [-0.2, -0.15) is 0 Å². The second-order valence-corrected chi connectivity index (χ2v) is 4.64. The lowest BCUT2D eigenvalue weighted by Gasteiger charge is -2.17. The van der Waals surface area contributed by atoms with Crippen LogP contribution in [-0.2, 0) is 9.59 Å². The van der Waals surface area contributed by atoms with Crippen LogP contribution in [0.5, 0.6) is 0 Å². The van der Waals surface area contributed by atoms with Crippen molar-refractivity contribution in [2.75, 3.05) is 0 Å². The summed E-state index contributed by atoms with van der Waals surface area (Å²) in [5.41, 5.74) is 0.966. The third-order valence-electron chi connectivity index (χ3n) is 2.96. The Labute approximate surface area is 123 Å². The lowest BCUT2D eigenvalue weighted by atomic mass is 10.1. The third kappa shape index (κ3) is 6.56. The molecule has 6 heteroatoms. The van der Waals surface area contributed by atoms with Crippen molar-refractivity contribution >= 4 is 17.9 Å². The van der Waals surface area contributed by atoms with Gasteiger partial charge in [0.1, 0.15) is 0 Å². The summed E-state index contributed by atoms with van der Waals surface area (Å²) in [4.78, 5) is 33.5. The molecule has 3 amide bonds. The van der Waals surface area contributed by atoms with Gasteiger partial charge in [-0.25, -0.2) is 4.79 Å². The minimum absolute atomic E-state index is 0.0157. The van der Waals surface area contributed by atoms with E-state index in [0.29, 0.717) is 6.42 Å². The molecule has 3 N–H and O–H groups in total. The van der Waals surface area contributed by atoms with Gasteiger partial charge in [0.25, 0.3) is 0 Å². The van der Waals surface area contributed by atoms with Gasteiger partial charge in [-0.15, -0.1) is 0 Å². The monoisotopic (exact) mass is 292 g/mol. The van der Waals surface area contributed by atoms with Crippen LogP contribution >= 0.6 is 0 Å². The first-order valence-electron chi connectivity index (χ1n) is 6.90. The number of carboxylic acids is 1. The highest BCUT2D eigenvalue weighted by molar-refractivity contribution is 5.94. The number of hydrogen-bond donors (Lipinski definition) is 3. The molecule has 0 radical (unpaired) electrons. The van der Waals surface area contributed by atoms with Gasteiger partial charge in [0.15, 0.2) is 0 Å². The van der Waals surface area contributed by atoms with Crippen LogP contribution < -0.4 is 10.6 Å². The SMILES string of the molecule is CCC(NC(=O)NC(=O)CCCC(=O)O)c1ccccc1. The van der Waals surface area contributed by atoms with Gasteiger partial charge in [-0.05, 0) is 18.4 Å². The molecule has 1 rings (SSSR count). The van der Waals surface area contributed by atoms with E-state index in [1.165, 1.54) is 0 Å². The van der Waals surface area contributed by atoms with Gasteiger partial charge in [0.2, 0.25) is 5.91 Å². The van der Waals surface area contributed by atoms with E-state index in [2.05, 4.69) is 10.6 Å². The molecule has 114 valence electrons. The normalized spacial score (nSPS) is 11.5. The van der Waals surface area contributed by atoms with Crippen molar-refractivity contribution in [2.24, 2.45) is 0 Å². The molecule has 0 aliphatic rings. The zero-order valence-corrected chi connectivity index (χ0v) is 12.0. The van der Waals surface area contributed by atoms with Crippen LogP contribution in [0.15, 0.2) is 30.3 Å². The first kappa shape index (κ1) is 16.7. The van der Waals surface area contributed by atoms with Crippen molar-refractivity contribution in [3.8, 4) is 0 Å². The highest BCUT2D eigenvalue weighted by Gasteiger charge is 2.14. The van der Waals surface area contributed by atoms with Gasteiger partial charge in [0, 0.05) is 12.8 Å². The molecular weight excluding hydrogens is 272 g/mol. The number of aliphatic carboxylic acids is 1. The Kier molecular flexibility index (Phi) is 6.94. The zero-order valence-electron chi connectivity index (χ0n) is 12.0. The number of hydrogen-bond acceptors (Lipinski definition) is 3. The van der Waals surface area contributed by atoms with E-state index in [9.17, 15) is 14.4 Å². The maximum Gasteiger partial charge on any atom is 0.321 e. The van der Waals surface area contributed by atoms with E-state index in [-0.39, 0.29) is 25.3 Å². The Bertz CT molecular complexity index is 488. The molecule has 0 fully saturated rings. The molecule has 1 atom stereocenters. The quantitative estimate of drug-likeness (QED) is 0.718. The molecule has 21 heavy (non-hydrogen) atoms. The maximum absolute atomic E-state index is 11.7. The van der Waals surface area contributed by atoms with Gasteiger partial charge in [-0.3, -0.25) is 14.9 Å². The Morgan fingerprint density at radius 2 is 1.81 bits per heavy atom. The molecule has 0 spiro atoms. The number of rotatable bonds is 7. The number of urea groups is 1. The number of amides is 3. The number of nitrogens with one attached hydrogen (secondary N) is 2. The number of imide groups is 1. The summed E-state index contributed by atoms with van der Waals surface area (Å²) < 4.78 is 0. The standard InChI is InChI=1S/C15H20N2O4/c1-2-12(11-7-4-3-5-8-11)16-15(21)17-13(18)9-6-10-14(19)20/h3-5,7-8,12H,2,6,9-10H2,1H3,(H,19,20)(H2,16,17,18,21).